The molecular weight excluding hydrogens is 280 g/mol. The third-order valence-electron chi connectivity index (χ3n) is 3.24. The molecule has 0 N–H and O–H groups in total. The molecule has 0 aromatic carbocycles. The molecule has 1 atom stereocenters. The van der Waals surface area contributed by atoms with Gasteiger partial charge in [0, 0.05) is 6.54 Å². The Kier molecular flexibility index (Phi) is 4.56. The van der Waals surface area contributed by atoms with Crippen LogP contribution in [-0.2, 0) is 19.1 Å². The molecule has 114 valence electrons. The van der Waals surface area contributed by atoms with Crippen molar-refractivity contribution < 1.29 is 28.3 Å². The summed E-state index contributed by atoms with van der Waals surface area (Å²) in [6.07, 6.45) is 2.38. The zero-order chi connectivity index (χ0) is 15.4. The highest BCUT2D eigenvalue weighted by Crippen LogP contribution is 2.34. The van der Waals surface area contributed by atoms with Gasteiger partial charge in [-0.25, -0.2) is 14.6 Å². The third kappa shape index (κ3) is 2.88. The standard InChI is InChI=1S/C13H16N2O6/c1-3-20-13(18)11(16)15-6-4-5-8(15)10-9(12(17)19-2)14-7-21-10/h7-8H,3-6H2,1-2H3/t8-/m0/s1. The van der Waals surface area contributed by atoms with Crippen molar-refractivity contribution in [2.75, 3.05) is 20.3 Å². The quantitative estimate of drug-likeness (QED) is 0.597. The maximum Gasteiger partial charge on any atom is 0.397 e. The number of rotatable bonds is 3. The number of methoxy groups -OCH3 is 1. The summed E-state index contributed by atoms with van der Waals surface area (Å²) < 4.78 is 14.6. The fraction of sp³-hybridized carbons (Fsp3) is 0.538. The number of likely N-dealkylation sites (tertiary alicyclic amines) is 1. The van der Waals surface area contributed by atoms with E-state index in [4.69, 9.17) is 9.15 Å². The van der Waals surface area contributed by atoms with Gasteiger partial charge in [0.05, 0.1) is 19.8 Å². The summed E-state index contributed by atoms with van der Waals surface area (Å²) in [5.41, 5.74) is 0.0195. The predicted molar refractivity (Wildman–Crippen MR) is 68.2 cm³/mol. The normalized spacial score (nSPS) is 17.6. The maximum absolute atomic E-state index is 12.1. The molecule has 1 aliphatic rings. The highest BCUT2D eigenvalue weighted by molar-refractivity contribution is 6.32. The predicted octanol–water partition coefficient (Wildman–Crippen LogP) is 0.688. The summed E-state index contributed by atoms with van der Waals surface area (Å²) in [5.74, 6) is -2.07. The van der Waals surface area contributed by atoms with Crippen LogP contribution in [0.1, 0.15) is 42.1 Å². The van der Waals surface area contributed by atoms with E-state index >= 15 is 0 Å². The highest BCUT2D eigenvalue weighted by Gasteiger charge is 2.38. The van der Waals surface area contributed by atoms with E-state index in [0.29, 0.717) is 19.4 Å². The molecule has 0 bridgehead atoms. The number of ether oxygens (including phenoxy) is 2. The van der Waals surface area contributed by atoms with Gasteiger partial charge in [-0.05, 0) is 19.8 Å². The van der Waals surface area contributed by atoms with Gasteiger partial charge in [0.25, 0.3) is 0 Å². The van der Waals surface area contributed by atoms with Crippen LogP contribution in [0.2, 0.25) is 0 Å². The number of hydrogen-bond acceptors (Lipinski definition) is 7. The summed E-state index contributed by atoms with van der Waals surface area (Å²) in [6.45, 7) is 2.14. The van der Waals surface area contributed by atoms with Gasteiger partial charge >= 0.3 is 17.8 Å². The lowest BCUT2D eigenvalue weighted by Gasteiger charge is -2.22. The minimum absolute atomic E-state index is 0.0195. The molecule has 2 rings (SSSR count). The summed E-state index contributed by atoms with van der Waals surface area (Å²) in [6, 6.07) is -0.515. The highest BCUT2D eigenvalue weighted by atomic mass is 16.5. The number of amides is 1. The third-order valence-corrected chi connectivity index (χ3v) is 3.24. The molecule has 0 unspecified atom stereocenters. The Morgan fingerprint density at radius 2 is 2.24 bits per heavy atom. The number of carbonyl (C=O) groups is 3. The Bertz CT molecular complexity index is 553. The maximum atomic E-state index is 12.1. The van der Waals surface area contributed by atoms with Crippen LogP contribution in [0.5, 0.6) is 0 Å². The van der Waals surface area contributed by atoms with Crippen LogP contribution < -0.4 is 0 Å². The van der Waals surface area contributed by atoms with Gasteiger partial charge in [-0.2, -0.15) is 0 Å². The number of esters is 2. The molecule has 1 aliphatic heterocycles. The molecule has 0 aliphatic carbocycles. The molecule has 8 nitrogen and oxygen atoms in total. The van der Waals surface area contributed by atoms with Crippen molar-refractivity contribution in [3.05, 3.63) is 17.8 Å². The Morgan fingerprint density at radius 3 is 2.90 bits per heavy atom. The second kappa shape index (κ2) is 6.38. The second-order valence-electron chi connectivity index (χ2n) is 4.43. The fourth-order valence-electron chi connectivity index (χ4n) is 2.33. The van der Waals surface area contributed by atoms with E-state index in [1.165, 1.54) is 12.0 Å². The average Bonchev–Trinajstić information content (AvgIpc) is 3.13. The van der Waals surface area contributed by atoms with Crippen LogP contribution in [0, 0.1) is 0 Å². The number of hydrogen-bond donors (Lipinski definition) is 0. The van der Waals surface area contributed by atoms with E-state index in [1.807, 2.05) is 0 Å². The zero-order valence-electron chi connectivity index (χ0n) is 11.8. The molecule has 21 heavy (non-hydrogen) atoms. The minimum Gasteiger partial charge on any atom is -0.464 e. The van der Waals surface area contributed by atoms with E-state index in [0.717, 1.165) is 6.39 Å². The number of carbonyl (C=O) groups excluding carboxylic acids is 3. The first-order chi connectivity index (χ1) is 10.1. The number of oxazole rings is 1. The van der Waals surface area contributed by atoms with Gasteiger partial charge in [0.2, 0.25) is 0 Å². The second-order valence-corrected chi connectivity index (χ2v) is 4.43. The van der Waals surface area contributed by atoms with Crippen LogP contribution in [-0.4, -0.2) is 48.0 Å². The van der Waals surface area contributed by atoms with E-state index in [-0.39, 0.29) is 18.1 Å². The van der Waals surface area contributed by atoms with Crippen LogP contribution in [0.3, 0.4) is 0 Å². The van der Waals surface area contributed by atoms with Crippen molar-refractivity contribution in [2.24, 2.45) is 0 Å². The van der Waals surface area contributed by atoms with Crippen molar-refractivity contribution in [2.45, 2.75) is 25.8 Å². The van der Waals surface area contributed by atoms with Crippen LogP contribution in [0.25, 0.3) is 0 Å². The molecule has 1 aromatic rings. The van der Waals surface area contributed by atoms with E-state index in [1.54, 1.807) is 6.92 Å². The monoisotopic (exact) mass is 296 g/mol. The first-order valence-electron chi connectivity index (χ1n) is 6.59. The number of aromatic nitrogens is 1. The van der Waals surface area contributed by atoms with Gasteiger partial charge in [-0.1, -0.05) is 0 Å². The molecule has 2 heterocycles. The smallest absolute Gasteiger partial charge is 0.397 e. The molecule has 1 saturated heterocycles. The van der Waals surface area contributed by atoms with Crippen molar-refractivity contribution in [3.63, 3.8) is 0 Å². The summed E-state index contributed by atoms with van der Waals surface area (Å²) >= 11 is 0. The molecular formula is C13H16N2O6. The Morgan fingerprint density at radius 1 is 1.48 bits per heavy atom. The Hall–Kier alpha value is -2.38. The Labute approximate surface area is 121 Å². The first kappa shape index (κ1) is 15.0. The summed E-state index contributed by atoms with van der Waals surface area (Å²) in [7, 11) is 1.23. The van der Waals surface area contributed by atoms with Crippen molar-refractivity contribution in [1.29, 1.82) is 0 Å². The average molecular weight is 296 g/mol. The lowest BCUT2D eigenvalue weighted by Crippen LogP contribution is -2.37. The molecule has 8 heteroatoms. The molecule has 0 spiro atoms. The van der Waals surface area contributed by atoms with Crippen molar-refractivity contribution in [1.82, 2.24) is 9.88 Å². The first-order valence-corrected chi connectivity index (χ1v) is 6.59. The van der Waals surface area contributed by atoms with Crippen molar-refractivity contribution >= 4 is 17.8 Å². The van der Waals surface area contributed by atoms with Crippen molar-refractivity contribution in [3.8, 4) is 0 Å². The van der Waals surface area contributed by atoms with Gasteiger partial charge in [-0.3, -0.25) is 4.79 Å². The van der Waals surface area contributed by atoms with E-state index in [9.17, 15) is 14.4 Å². The molecule has 1 amide bonds. The molecule has 1 fully saturated rings. The van der Waals surface area contributed by atoms with Gasteiger partial charge < -0.3 is 18.8 Å². The topological polar surface area (TPSA) is 98.9 Å². The molecule has 0 saturated carbocycles. The molecule has 1 aromatic heterocycles. The molecule has 0 radical (unpaired) electrons. The van der Waals surface area contributed by atoms with Crippen LogP contribution >= 0.6 is 0 Å². The number of nitrogens with zero attached hydrogens (tertiary/aromatic N) is 2. The van der Waals surface area contributed by atoms with E-state index in [2.05, 4.69) is 9.72 Å². The van der Waals surface area contributed by atoms with E-state index < -0.39 is 23.9 Å². The lowest BCUT2D eigenvalue weighted by molar-refractivity contribution is -0.160. The largest absolute Gasteiger partial charge is 0.464 e. The summed E-state index contributed by atoms with van der Waals surface area (Å²) in [4.78, 5) is 40.4. The van der Waals surface area contributed by atoms with Crippen LogP contribution in [0.4, 0.5) is 0 Å². The van der Waals surface area contributed by atoms with Gasteiger partial charge in [-0.15, -0.1) is 0 Å². The SMILES string of the molecule is CCOC(=O)C(=O)N1CCC[C@H]1c1ocnc1C(=O)OC. The summed E-state index contributed by atoms with van der Waals surface area (Å²) in [5, 5.41) is 0. The van der Waals surface area contributed by atoms with Gasteiger partial charge in [0.15, 0.2) is 17.8 Å². The van der Waals surface area contributed by atoms with Gasteiger partial charge in [0.1, 0.15) is 0 Å². The lowest BCUT2D eigenvalue weighted by atomic mass is 10.1. The van der Waals surface area contributed by atoms with Crippen LogP contribution in [0.15, 0.2) is 10.8 Å². The Balaban J connectivity index is 2.23. The zero-order valence-corrected chi connectivity index (χ0v) is 11.8. The fourth-order valence-corrected chi connectivity index (χ4v) is 2.33. The minimum atomic E-state index is -0.913.